The van der Waals surface area contributed by atoms with Crippen LogP contribution in [0.25, 0.3) is 77.7 Å². The van der Waals surface area contributed by atoms with Gasteiger partial charge in [-0.05, 0) is 144 Å². The molecule has 0 aliphatic heterocycles. The lowest BCUT2D eigenvalue weighted by atomic mass is 10.0. The lowest BCUT2D eigenvalue weighted by Crippen LogP contribution is -2.09. The maximum atomic E-state index is 4.46. The molecule has 4 aromatic heterocycles. The Morgan fingerprint density at radius 2 is 0.915 bits per heavy atom. The molecule has 0 radical (unpaired) electrons. The van der Waals surface area contributed by atoms with E-state index in [-0.39, 0.29) is 0 Å². The molecule has 278 valence electrons. The Hall–Kier alpha value is -8.09. The zero-order valence-electron chi connectivity index (χ0n) is 32.0. The fourth-order valence-electron chi connectivity index (χ4n) is 8.30. The van der Waals surface area contributed by atoms with Crippen molar-refractivity contribution in [1.82, 2.24) is 24.1 Å². The molecule has 0 spiro atoms. The molecule has 0 aliphatic rings. The van der Waals surface area contributed by atoms with Gasteiger partial charge in [-0.25, -0.2) is 9.97 Å². The van der Waals surface area contributed by atoms with Gasteiger partial charge in [0.2, 0.25) is 0 Å². The van der Waals surface area contributed by atoms with Crippen molar-refractivity contribution in [3.8, 4) is 45.0 Å². The fraction of sp³-hybridized carbons (Fsp3) is 0. The van der Waals surface area contributed by atoms with Crippen LogP contribution in [0, 0.1) is 0 Å². The van der Waals surface area contributed by atoms with Gasteiger partial charge < -0.3 is 14.0 Å². The Morgan fingerprint density at radius 3 is 1.56 bits per heavy atom. The number of benzene rings is 7. The Labute approximate surface area is 341 Å². The van der Waals surface area contributed by atoms with Gasteiger partial charge >= 0.3 is 0 Å². The third kappa shape index (κ3) is 6.20. The molecular weight excluding hydrogens is 721 g/mol. The first-order valence-electron chi connectivity index (χ1n) is 19.7. The van der Waals surface area contributed by atoms with Crippen molar-refractivity contribution in [2.75, 3.05) is 4.90 Å². The molecule has 6 heteroatoms. The number of para-hydroxylation sites is 2. The minimum absolute atomic E-state index is 0.704. The van der Waals surface area contributed by atoms with Crippen molar-refractivity contribution in [1.29, 1.82) is 0 Å². The smallest absolute Gasteiger partial charge is 0.159 e. The van der Waals surface area contributed by atoms with E-state index in [0.29, 0.717) is 5.82 Å². The molecule has 0 bridgehead atoms. The van der Waals surface area contributed by atoms with Crippen LogP contribution in [0.3, 0.4) is 0 Å². The van der Waals surface area contributed by atoms with Gasteiger partial charge in [-0.15, -0.1) is 0 Å². The fourth-order valence-corrected chi connectivity index (χ4v) is 8.30. The zero-order valence-corrected chi connectivity index (χ0v) is 32.0. The molecule has 11 rings (SSSR count). The highest BCUT2D eigenvalue weighted by molar-refractivity contribution is 6.14. The molecule has 0 fully saturated rings. The van der Waals surface area contributed by atoms with E-state index in [2.05, 4.69) is 205 Å². The molecule has 0 saturated carbocycles. The molecule has 0 amide bonds. The van der Waals surface area contributed by atoms with Gasteiger partial charge in [0.25, 0.3) is 0 Å². The molecule has 0 aliphatic carbocycles. The number of pyridine rings is 1. The Bertz CT molecular complexity index is 3130. The molecule has 4 heterocycles. The van der Waals surface area contributed by atoms with E-state index in [1.54, 1.807) is 12.4 Å². The first-order chi connectivity index (χ1) is 29.2. The summed E-state index contributed by atoms with van der Waals surface area (Å²) in [7, 11) is 0. The number of hydrogen-bond acceptors (Lipinski definition) is 4. The summed E-state index contributed by atoms with van der Waals surface area (Å²) in [6.07, 6.45) is 9.38. The Kier molecular flexibility index (Phi) is 8.37. The number of rotatable bonds is 8. The molecular formula is C53H36N6. The minimum atomic E-state index is 0.704. The van der Waals surface area contributed by atoms with Gasteiger partial charge in [-0.1, -0.05) is 66.7 Å². The average Bonchev–Trinajstić information content (AvgIpc) is 3.88. The highest BCUT2D eigenvalue weighted by Crippen LogP contribution is 2.40. The summed E-state index contributed by atoms with van der Waals surface area (Å²) in [5, 5.41) is 3.66. The first-order valence-corrected chi connectivity index (χ1v) is 19.7. The van der Waals surface area contributed by atoms with Crippen LogP contribution in [0.2, 0.25) is 0 Å². The summed E-state index contributed by atoms with van der Waals surface area (Å²) in [5.41, 5.74) is 14.5. The third-order valence-electron chi connectivity index (χ3n) is 11.2. The largest absolute Gasteiger partial charge is 0.316 e. The monoisotopic (exact) mass is 756 g/mol. The van der Waals surface area contributed by atoms with E-state index in [9.17, 15) is 0 Å². The molecule has 0 N–H and O–H groups in total. The maximum Gasteiger partial charge on any atom is 0.159 e. The molecule has 0 unspecified atom stereocenters. The average molecular weight is 757 g/mol. The van der Waals surface area contributed by atoms with Crippen molar-refractivity contribution >= 4 is 49.8 Å². The summed E-state index contributed by atoms with van der Waals surface area (Å²) in [4.78, 5) is 15.4. The number of nitrogens with zero attached hydrogens (tertiary/aromatic N) is 6. The van der Waals surface area contributed by atoms with E-state index in [0.717, 1.165) is 50.7 Å². The van der Waals surface area contributed by atoms with Crippen LogP contribution in [0.1, 0.15) is 0 Å². The maximum absolute atomic E-state index is 4.46. The van der Waals surface area contributed by atoms with Crippen LogP contribution in [0.4, 0.5) is 17.1 Å². The van der Waals surface area contributed by atoms with Gasteiger partial charge in [-0.3, -0.25) is 4.98 Å². The van der Waals surface area contributed by atoms with E-state index in [4.69, 9.17) is 0 Å². The summed E-state index contributed by atoms with van der Waals surface area (Å²) in [6, 6.07) is 67.0. The third-order valence-corrected chi connectivity index (χ3v) is 11.2. The number of hydrogen-bond donors (Lipinski definition) is 0. The second kappa shape index (κ2) is 14.4. The Balaban J connectivity index is 1.00. The van der Waals surface area contributed by atoms with Crippen LogP contribution in [-0.2, 0) is 0 Å². The van der Waals surface area contributed by atoms with E-state index >= 15 is 0 Å². The lowest BCUT2D eigenvalue weighted by Gasteiger charge is -2.26. The van der Waals surface area contributed by atoms with Crippen molar-refractivity contribution < 1.29 is 0 Å². The van der Waals surface area contributed by atoms with Crippen LogP contribution in [0.15, 0.2) is 219 Å². The van der Waals surface area contributed by atoms with E-state index in [1.165, 1.54) is 38.3 Å². The van der Waals surface area contributed by atoms with Crippen molar-refractivity contribution in [2.24, 2.45) is 0 Å². The van der Waals surface area contributed by atoms with Crippen molar-refractivity contribution in [2.45, 2.75) is 0 Å². The first kappa shape index (κ1) is 34.2. The van der Waals surface area contributed by atoms with Gasteiger partial charge in [0, 0.05) is 81.1 Å². The highest BCUT2D eigenvalue weighted by atomic mass is 15.1. The highest BCUT2D eigenvalue weighted by Gasteiger charge is 2.18. The number of aromatic nitrogens is 5. The Morgan fingerprint density at radius 1 is 0.373 bits per heavy atom. The summed E-state index contributed by atoms with van der Waals surface area (Å²) in [6.45, 7) is 0. The minimum Gasteiger partial charge on any atom is -0.316 e. The molecule has 6 nitrogen and oxygen atoms in total. The topological polar surface area (TPSA) is 51.8 Å². The van der Waals surface area contributed by atoms with Crippen LogP contribution in [-0.4, -0.2) is 24.1 Å². The molecule has 11 aromatic rings. The van der Waals surface area contributed by atoms with Gasteiger partial charge in [-0.2, -0.15) is 0 Å². The van der Waals surface area contributed by atoms with E-state index in [1.807, 2.05) is 30.6 Å². The van der Waals surface area contributed by atoms with Gasteiger partial charge in [0.15, 0.2) is 5.82 Å². The predicted octanol–water partition coefficient (Wildman–Crippen LogP) is 13.4. The summed E-state index contributed by atoms with van der Waals surface area (Å²) < 4.78 is 4.67. The SMILES string of the molecule is c1ccc(-n2ccc3cc4c5cc(-c6ccc(N(c7ccc(-c8ccncc8)cc7)c7ccc(-c8ncccn8)cc7)cc6)ccc5n(-c5ccccc5)c4cc32)cc1. The summed E-state index contributed by atoms with van der Waals surface area (Å²) in [5.74, 6) is 0.704. The lowest BCUT2D eigenvalue weighted by molar-refractivity contribution is 1.12. The van der Waals surface area contributed by atoms with Gasteiger partial charge in [0.05, 0.1) is 16.6 Å². The second-order valence-electron chi connectivity index (χ2n) is 14.6. The second-order valence-corrected chi connectivity index (χ2v) is 14.6. The van der Waals surface area contributed by atoms with Crippen LogP contribution in [0.5, 0.6) is 0 Å². The van der Waals surface area contributed by atoms with Crippen LogP contribution < -0.4 is 4.90 Å². The normalized spacial score (nSPS) is 11.4. The zero-order chi connectivity index (χ0) is 39.1. The molecule has 0 saturated heterocycles. The number of anilines is 3. The quantitative estimate of drug-likeness (QED) is 0.155. The van der Waals surface area contributed by atoms with Gasteiger partial charge in [0.1, 0.15) is 0 Å². The molecule has 7 aromatic carbocycles. The molecule has 0 atom stereocenters. The summed E-state index contributed by atoms with van der Waals surface area (Å²) >= 11 is 0. The standard InChI is InChI=1S/C53H36N6/c1-3-8-43(9-4-1)57-33-28-42-35-49-48-34-41(18-25-50(48)59(52(49)36-51(42)57)44-10-5-2-6-11-44)38-14-21-46(22-15-38)58(45-19-12-37(13-20-45)39-26-31-54-32-27-39)47-23-16-40(17-24-47)53-55-29-7-30-56-53/h1-36H. The van der Waals surface area contributed by atoms with E-state index < -0.39 is 0 Å². The predicted molar refractivity (Wildman–Crippen MR) is 242 cm³/mol. The number of fused-ring (bicyclic) bond motifs is 4. The van der Waals surface area contributed by atoms with Crippen molar-refractivity contribution in [3.05, 3.63) is 219 Å². The van der Waals surface area contributed by atoms with Crippen LogP contribution >= 0.6 is 0 Å². The van der Waals surface area contributed by atoms with Crippen molar-refractivity contribution in [3.63, 3.8) is 0 Å². The molecule has 59 heavy (non-hydrogen) atoms.